The van der Waals surface area contributed by atoms with Gasteiger partial charge in [0.2, 0.25) is 0 Å². The van der Waals surface area contributed by atoms with Crippen molar-refractivity contribution in [1.82, 2.24) is 15.5 Å². The normalized spacial score (nSPS) is 11.4. The molecule has 1 aromatic rings. The third kappa shape index (κ3) is 21.8. The lowest BCUT2D eigenvalue weighted by Crippen LogP contribution is -2.28. The summed E-state index contributed by atoms with van der Waals surface area (Å²) < 4.78 is 43.4. The van der Waals surface area contributed by atoms with Crippen LogP contribution < -0.4 is 5.32 Å². The van der Waals surface area contributed by atoms with Crippen LogP contribution in [0, 0.1) is 12.8 Å². The van der Waals surface area contributed by atoms with Crippen molar-refractivity contribution >= 4 is 11.7 Å². The highest BCUT2D eigenvalue weighted by Gasteiger charge is 2.08. The van der Waals surface area contributed by atoms with Crippen LogP contribution in [0.15, 0.2) is 6.07 Å². The Kier molecular flexibility index (Phi) is 23.4. The lowest BCUT2D eigenvalue weighted by atomic mass is 10.1. The number of aromatic amines is 1. The van der Waals surface area contributed by atoms with E-state index in [0.717, 1.165) is 5.69 Å². The Morgan fingerprint density at radius 1 is 0.675 bits per heavy atom. The van der Waals surface area contributed by atoms with Crippen LogP contribution in [-0.2, 0) is 42.7 Å². The second-order valence-corrected chi connectivity index (χ2v) is 8.96. The van der Waals surface area contributed by atoms with Gasteiger partial charge >= 0.3 is 0 Å². The number of carbonyl (C=O) groups is 2. The summed E-state index contributed by atoms with van der Waals surface area (Å²) in [7, 11) is 0. The highest BCUT2D eigenvalue weighted by atomic mass is 16.6. The fraction of sp³-hybridized carbons (Fsp3) is 0.815. The van der Waals surface area contributed by atoms with Gasteiger partial charge in [-0.15, -0.1) is 0 Å². The van der Waals surface area contributed by atoms with E-state index in [1.54, 1.807) is 6.07 Å². The Morgan fingerprint density at radius 3 is 1.40 bits per heavy atom. The van der Waals surface area contributed by atoms with Gasteiger partial charge in [0.05, 0.1) is 106 Å². The molecule has 13 heteroatoms. The molecule has 0 unspecified atom stereocenters. The van der Waals surface area contributed by atoms with Crippen molar-refractivity contribution in [3.8, 4) is 0 Å². The zero-order valence-corrected chi connectivity index (χ0v) is 24.4. The smallest absolute Gasteiger partial charge is 0.271 e. The molecule has 0 atom stereocenters. The molecular weight excluding hydrogens is 526 g/mol. The summed E-state index contributed by atoms with van der Waals surface area (Å²) in [6, 6.07) is 1.69. The van der Waals surface area contributed by atoms with Crippen molar-refractivity contribution in [2.75, 3.05) is 112 Å². The third-order valence-electron chi connectivity index (χ3n) is 5.21. The average molecular weight is 576 g/mol. The molecule has 1 heterocycles. The van der Waals surface area contributed by atoms with Gasteiger partial charge in [0, 0.05) is 24.6 Å². The van der Waals surface area contributed by atoms with Crippen molar-refractivity contribution in [3.05, 3.63) is 17.5 Å². The Balaban J connectivity index is 1.67. The van der Waals surface area contributed by atoms with E-state index in [9.17, 15) is 9.59 Å². The first kappa shape index (κ1) is 36.1. The van der Waals surface area contributed by atoms with Crippen molar-refractivity contribution < 1.29 is 47.5 Å². The van der Waals surface area contributed by atoms with E-state index >= 15 is 0 Å². The number of rotatable bonds is 29. The standard InChI is InChI=1S/C27H49N3O10/c1-23(2)26(31)4-6-33-8-10-35-12-14-37-16-18-39-20-21-40-19-17-38-15-13-36-11-9-34-7-5-28-27(32)25-22-24(3)29-30-25/h22-23H,4-21H2,1-3H3,(H,28,32)(H,29,30). The number of nitrogens with zero attached hydrogens (tertiary/aromatic N) is 1. The highest BCUT2D eigenvalue weighted by molar-refractivity contribution is 5.92. The molecule has 1 rings (SSSR count). The molecule has 1 amide bonds. The van der Waals surface area contributed by atoms with Gasteiger partial charge in [-0.3, -0.25) is 14.7 Å². The van der Waals surface area contributed by atoms with Crippen molar-refractivity contribution in [2.45, 2.75) is 27.2 Å². The van der Waals surface area contributed by atoms with E-state index in [1.165, 1.54) is 0 Å². The highest BCUT2D eigenvalue weighted by Crippen LogP contribution is 1.99. The molecule has 0 radical (unpaired) electrons. The number of Topliss-reactive ketones (excluding diaryl/α,β-unsaturated/α-hetero) is 1. The number of amides is 1. The van der Waals surface area contributed by atoms with Crippen molar-refractivity contribution in [2.24, 2.45) is 5.92 Å². The van der Waals surface area contributed by atoms with Gasteiger partial charge in [-0.25, -0.2) is 0 Å². The maximum atomic E-state index is 11.8. The van der Waals surface area contributed by atoms with Gasteiger partial charge in [-0.2, -0.15) is 5.10 Å². The number of ketones is 1. The summed E-state index contributed by atoms with van der Waals surface area (Å²) in [6.45, 7) is 13.6. The minimum atomic E-state index is -0.229. The number of nitrogens with one attached hydrogen (secondary N) is 2. The number of aryl methyl sites for hydroxylation is 1. The second-order valence-electron chi connectivity index (χ2n) is 8.96. The maximum Gasteiger partial charge on any atom is 0.271 e. The van der Waals surface area contributed by atoms with Gasteiger partial charge in [0.1, 0.15) is 11.5 Å². The van der Waals surface area contributed by atoms with Crippen molar-refractivity contribution in [3.63, 3.8) is 0 Å². The Hall–Kier alpha value is -1.97. The summed E-state index contributed by atoms with van der Waals surface area (Å²) in [5.74, 6) is 0.0455. The average Bonchev–Trinajstić information content (AvgIpc) is 3.38. The molecule has 0 saturated carbocycles. The molecule has 0 fully saturated rings. The Bertz CT molecular complexity index is 748. The molecule has 0 aliphatic rings. The number of hydrogen-bond donors (Lipinski definition) is 2. The van der Waals surface area contributed by atoms with Gasteiger partial charge in [0.15, 0.2) is 0 Å². The quantitative estimate of drug-likeness (QED) is 0.133. The van der Waals surface area contributed by atoms with E-state index in [-0.39, 0.29) is 17.6 Å². The van der Waals surface area contributed by atoms with Gasteiger partial charge in [-0.1, -0.05) is 13.8 Å². The summed E-state index contributed by atoms with van der Waals surface area (Å²) in [5.41, 5.74) is 1.20. The largest absolute Gasteiger partial charge is 0.379 e. The number of carbonyl (C=O) groups excluding carboxylic acids is 2. The van der Waals surface area contributed by atoms with Crippen LogP contribution >= 0.6 is 0 Å². The van der Waals surface area contributed by atoms with Crippen LogP contribution in [0.1, 0.15) is 36.5 Å². The zero-order valence-electron chi connectivity index (χ0n) is 24.4. The lowest BCUT2D eigenvalue weighted by molar-refractivity contribution is -0.123. The third-order valence-corrected chi connectivity index (χ3v) is 5.21. The van der Waals surface area contributed by atoms with Crippen LogP contribution in [0.25, 0.3) is 0 Å². The van der Waals surface area contributed by atoms with E-state index in [4.69, 9.17) is 37.9 Å². The lowest BCUT2D eigenvalue weighted by Gasteiger charge is -2.09. The first-order valence-corrected chi connectivity index (χ1v) is 14.0. The zero-order chi connectivity index (χ0) is 29.1. The molecule has 0 aliphatic carbocycles. The van der Waals surface area contributed by atoms with Crippen LogP contribution in [0.5, 0.6) is 0 Å². The Labute approximate surface area is 237 Å². The predicted molar refractivity (Wildman–Crippen MR) is 147 cm³/mol. The molecule has 232 valence electrons. The second kappa shape index (κ2) is 26.0. The molecule has 0 spiro atoms. The van der Waals surface area contributed by atoms with Gasteiger partial charge in [-0.05, 0) is 13.0 Å². The van der Waals surface area contributed by atoms with E-state index < -0.39 is 0 Å². The first-order valence-electron chi connectivity index (χ1n) is 14.0. The number of ether oxygens (including phenoxy) is 8. The molecule has 2 N–H and O–H groups in total. The topological polar surface area (TPSA) is 149 Å². The van der Waals surface area contributed by atoms with E-state index in [1.807, 2.05) is 20.8 Å². The summed E-state index contributed by atoms with van der Waals surface area (Å²) in [6.07, 6.45) is 0.452. The van der Waals surface area contributed by atoms with Crippen LogP contribution in [0.3, 0.4) is 0 Å². The minimum Gasteiger partial charge on any atom is -0.379 e. The number of hydrogen-bond acceptors (Lipinski definition) is 11. The van der Waals surface area contributed by atoms with Gasteiger partial charge in [0.25, 0.3) is 5.91 Å². The Morgan fingerprint density at radius 2 is 1.05 bits per heavy atom. The maximum absolute atomic E-state index is 11.8. The number of H-pyrrole nitrogens is 1. The van der Waals surface area contributed by atoms with E-state index in [2.05, 4.69) is 15.5 Å². The summed E-state index contributed by atoms with van der Waals surface area (Å²) in [5, 5.41) is 9.36. The minimum absolute atomic E-state index is 0.0582. The molecule has 1 aromatic heterocycles. The fourth-order valence-corrected chi connectivity index (χ4v) is 2.96. The van der Waals surface area contributed by atoms with Gasteiger partial charge < -0.3 is 43.2 Å². The van der Waals surface area contributed by atoms with Crippen LogP contribution in [0.4, 0.5) is 0 Å². The van der Waals surface area contributed by atoms with Crippen molar-refractivity contribution in [1.29, 1.82) is 0 Å². The number of aromatic nitrogens is 2. The molecule has 0 aliphatic heterocycles. The molecule has 0 aromatic carbocycles. The SMILES string of the molecule is Cc1cc(C(=O)NCCOCCOCCOCCOCCOCCOCCOCCOCCC(=O)C(C)C)n[nH]1. The molecule has 13 nitrogen and oxygen atoms in total. The molecule has 40 heavy (non-hydrogen) atoms. The fourth-order valence-electron chi connectivity index (χ4n) is 2.96. The van der Waals surface area contributed by atoms with Crippen LogP contribution in [-0.4, -0.2) is 134 Å². The molecular formula is C27H49N3O10. The molecule has 0 saturated heterocycles. The predicted octanol–water partition coefficient (Wildman–Crippen LogP) is 1.20. The first-order chi connectivity index (χ1) is 19.5. The molecule has 0 bridgehead atoms. The van der Waals surface area contributed by atoms with E-state index in [0.29, 0.717) is 124 Å². The monoisotopic (exact) mass is 575 g/mol. The summed E-state index contributed by atoms with van der Waals surface area (Å²) in [4.78, 5) is 23.2. The van der Waals surface area contributed by atoms with Crippen LogP contribution in [0.2, 0.25) is 0 Å². The summed E-state index contributed by atoms with van der Waals surface area (Å²) >= 11 is 0.